The number of hydrogen-bond donors (Lipinski definition) is 1. The molecule has 2 heteroatoms. The molecule has 68 valence electrons. The average Bonchev–Trinajstić information content (AvgIpc) is 2.44. The van der Waals surface area contributed by atoms with Crippen molar-refractivity contribution in [2.75, 3.05) is 19.6 Å². The van der Waals surface area contributed by atoms with Crippen LogP contribution < -0.4 is 5.73 Å². The Morgan fingerprint density at radius 2 is 2.33 bits per heavy atom. The zero-order chi connectivity index (χ0) is 9.03. The van der Waals surface area contributed by atoms with Crippen LogP contribution in [0.4, 0.5) is 0 Å². The Morgan fingerprint density at radius 3 is 2.92 bits per heavy atom. The van der Waals surface area contributed by atoms with Gasteiger partial charge < -0.3 is 5.73 Å². The minimum atomic E-state index is 0.105. The summed E-state index contributed by atoms with van der Waals surface area (Å²) in [5.74, 6) is 6.24. The van der Waals surface area contributed by atoms with E-state index in [-0.39, 0.29) is 5.54 Å². The summed E-state index contributed by atoms with van der Waals surface area (Å²) in [4.78, 5) is 2.43. The molecule has 0 spiro atoms. The average molecular weight is 166 g/mol. The highest BCUT2D eigenvalue weighted by atomic mass is 15.2. The fourth-order valence-corrected chi connectivity index (χ4v) is 1.91. The molecule has 1 aliphatic rings. The van der Waals surface area contributed by atoms with E-state index in [4.69, 9.17) is 5.73 Å². The lowest BCUT2D eigenvalue weighted by molar-refractivity contribution is 0.223. The Kier molecular flexibility index (Phi) is 3.13. The standard InChI is InChI=1S/C10H18N2/c1-3-12-9-5-7-10(12,2)6-4-8-11/h3,5,7-9,11H2,1-2H3. The van der Waals surface area contributed by atoms with Gasteiger partial charge in [-0.3, -0.25) is 4.90 Å². The van der Waals surface area contributed by atoms with Crippen LogP contribution in [0.2, 0.25) is 0 Å². The zero-order valence-corrected chi connectivity index (χ0v) is 8.06. The van der Waals surface area contributed by atoms with E-state index >= 15 is 0 Å². The Labute approximate surface area is 75.1 Å². The van der Waals surface area contributed by atoms with E-state index in [0.717, 1.165) is 6.54 Å². The van der Waals surface area contributed by atoms with Gasteiger partial charge in [-0.2, -0.15) is 0 Å². The second-order valence-corrected chi connectivity index (χ2v) is 3.46. The van der Waals surface area contributed by atoms with Gasteiger partial charge in [0.05, 0.1) is 12.1 Å². The maximum atomic E-state index is 5.36. The monoisotopic (exact) mass is 166 g/mol. The largest absolute Gasteiger partial charge is 0.320 e. The first-order valence-corrected chi connectivity index (χ1v) is 4.68. The molecular formula is C10H18N2. The molecule has 1 heterocycles. The van der Waals surface area contributed by atoms with Gasteiger partial charge in [-0.05, 0) is 32.9 Å². The minimum absolute atomic E-state index is 0.105. The van der Waals surface area contributed by atoms with Crippen LogP contribution in [-0.4, -0.2) is 30.1 Å². The summed E-state index contributed by atoms with van der Waals surface area (Å²) >= 11 is 0. The fraction of sp³-hybridized carbons (Fsp3) is 0.800. The second-order valence-electron chi connectivity index (χ2n) is 3.46. The summed E-state index contributed by atoms with van der Waals surface area (Å²) in [7, 11) is 0. The second kappa shape index (κ2) is 3.93. The maximum Gasteiger partial charge on any atom is 0.0798 e. The van der Waals surface area contributed by atoms with Gasteiger partial charge in [0.15, 0.2) is 0 Å². The summed E-state index contributed by atoms with van der Waals surface area (Å²) in [6.07, 6.45) is 2.46. The van der Waals surface area contributed by atoms with Gasteiger partial charge in [0, 0.05) is 0 Å². The number of rotatable bonds is 1. The van der Waals surface area contributed by atoms with Crippen molar-refractivity contribution >= 4 is 0 Å². The van der Waals surface area contributed by atoms with Crippen molar-refractivity contribution in [3.05, 3.63) is 0 Å². The van der Waals surface area contributed by atoms with E-state index in [1.54, 1.807) is 0 Å². The molecule has 1 aliphatic heterocycles. The van der Waals surface area contributed by atoms with Crippen LogP contribution in [-0.2, 0) is 0 Å². The normalized spacial score (nSPS) is 29.9. The lowest BCUT2D eigenvalue weighted by Gasteiger charge is -2.29. The first kappa shape index (κ1) is 9.57. The molecule has 1 rings (SSSR count). The lowest BCUT2D eigenvalue weighted by Crippen LogP contribution is -2.39. The highest BCUT2D eigenvalue weighted by molar-refractivity contribution is 5.19. The van der Waals surface area contributed by atoms with Crippen LogP contribution in [0.3, 0.4) is 0 Å². The first-order valence-electron chi connectivity index (χ1n) is 4.68. The highest BCUT2D eigenvalue weighted by Crippen LogP contribution is 2.27. The molecule has 0 aromatic heterocycles. The number of hydrogen-bond acceptors (Lipinski definition) is 2. The summed E-state index contributed by atoms with van der Waals surface area (Å²) in [6, 6.07) is 0. The minimum Gasteiger partial charge on any atom is -0.320 e. The van der Waals surface area contributed by atoms with E-state index in [2.05, 4.69) is 30.6 Å². The molecule has 1 saturated heterocycles. The van der Waals surface area contributed by atoms with Crippen molar-refractivity contribution in [3.63, 3.8) is 0 Å². The van der Waals surface area contributed by atoms with Crippen molar-refractivity contribution in [1.29, 1.82) is 0 Å². The van der Waals surface area contributed by atoms with E-state index in [1.807, 2.05) is 0 Å². The molecule has 0 saturated carbocycles. The van der Waals surface area contributed by atoms with Crippen LogP contribution in [0, 0.1) is 11.8 Å². The third-order valence-electron chi connectivity index (χ3n) is 2.63. The van der Waals surface area contributed by atoms with Crippen molar-refractivity contribution in [2.45, 2.75) is 32.2 Å². The van der Waals surface area contributed by atoms with E-state index in [9.17, 15) is 0 Å². The van der Waals surface area contributed by atoms with Gasteiger partial charge in [0.25, 0.3) is 0 Å². The molecule has 12 heavy (non-hydrogen) atoms. The van der Waals surface area contributed by atoms with E-state index in [1.165, 1.54) is 19.4 Å². The van der Waals surface area contributed by atoms with Crippen molar-refractivity contribution in [2.24, 2.45) is 5.73 Å². The molecule has 1 atom stereocenters. The Hall–Kier alpha value is -0.520. The number of likely N-dealkylation sites (tertiary alicyclic amines) is 1. The molecular weight excluding hydrogens is 148 g/mol. The highest BCUT2D eigenvalue weighted by Gasteiger charge is 2.33. The van der Waals surface area contributed by atoms with Crippen LogP contribution in [0.5, 0.6) is 0 Å². The predicted octanol–water partition coefficient (Wildman–Crippen LogP) is 0.823. The van der Waals surface area contributed by atoms with Crippen LogP contribution >= 0.6 is 0 Å². The lowest BCUT2D eigenvalue weighted by atomic mass is 10.00. The van der Waals surface area contributed by atoms with Gasteiger partial charge in [0.1, 0.15) is 0 Å². The summed E-state index contributed by atoms with van der Waals surface area (Å²) in [5, 5.41) is 0. The molecule has 0 radical (unpaired) electrons. The van der Waals surface area contributed by atoms with Crippen molar-refractivity contribution in [1.82, 2.24) is 4.90 Å². The molecule has 2 N–H and O–H groups in total. The van der Waals surface area contributed by atoms with Crippen LogP contribution in [0.1, 0.15) is 26.7 Å². The predicted molar refractivity (Wildman–Crippen MR) is 51.7 cm³/mol. The topological polar surface area (TPSA) is 29.3 Å². The van der Waals surface area contributed by atoms with Gasteiger partial charge in [0.2, 0.25) is 0 Å². The third-order valence-corrected chi connectivity index (χ3v) is 2.63. The smallest absolute Gasteiger partial charge is 0.0798 e. The molecule has 0 aliphatic carbocycles. The summed E-state index contributed by atoms with van der Waals surface area (Å²) in [5.41, 5.74) is 5.47. The molecule has 2 nitrogen and oxygen atoms in total. The van der Waals surface area contributed by atoms with Gasteiger partial charge in [-0.1, -0.05) is 18.8 Å². The van der Waals surface area contributed by atoms with Gasteiger partial charge in [-0.15, -0.1) is 0 Å². The maximum absolute atomic E-state index is 5.36. The molecule has 1 fully saturated rings. The zero-order valence-electron chi connectivity index (χ0n) is 8.06. The molecule has 1 unspecified atom stereocenters. The van der Waals surface area contributed by atoms with Gasteiger partial charge >= 0.3 is 0 Å². The van der Waals surface area contributed by atoms with Crippen molar-refractivity contribution < 1.29 is 0 Å². The van der Waals surface area contributed by atoms with Crippen LogP contribution in [0.15, 0.2) is 0 Å². The number of nitrogens with zero attached hydrogens (tertiary/aromatic N) is 1. The molecule has 0 aromatic carbocycles. The Balaban J connectivity index is 2.67. The molecule has 0 bridgehead atoms. The van der Waals surface area contributed by atoms with Gasteiger partial charge in [-0.25, -0.2) is 0 Å². The molecule has 0 aromatic rings. The van der Waals surface area contributed by atoms with Crippen molar-refractivity contribution in [3.8, 4) is 11.8 Å². The quantitative estimate of drug-likeness (QED) is 0.584. The molecule has 0 amide bonds. The Morgan fingerprint density at radius 1 is 1.58 bits per heavy atom. The van der Waals surface area contributed by atoms with E-state index in [0.29, 0.717) is 6.54 Å². The Bertz CT molecular complexity index is 202. The van der Waals surface area contributed by atoms with E-state index < -0.39 is 0 Å². The summed E-state index contributed by atoms with van der Waals surface area (Å²) < 4.78 is 0. The number of nitrogens with two attached hydrogens (primary N) is 1. The summed E-state index contributed by atoms with van der Waals surface area (Å²) in [6.45, 7) is 7.16. The SMILES string of the molecule is CCN1CCCC1(C)C#CCN. The fourth-order valence-electron chi connectivity index (χ4n) is 1.91. The van der Waals surface area contributed by atoms with Crippen LogP contribution in [0.25, 0.3) is 0 Å². The first-order chi connectivity index (χ1) is 5.73. The third kappa shape index (κ3) is 1.80.